The molecule has 1 saturated heterocycles. The first-order valence-electron chi connectivity index (χ1n) is 10.2. The van der Waals surface area contributed by atoms with Gasteiger partial charge in [0.15, 0.2) is 0 Å². The van der Waals surface area contributed by atoms with Crippen molar-refractivity contribution in [3.63, 3.8) is 0 Å². The molecule has 0 spiro atoms. The van der Waals surface area contributed by atoms with E-state index in [0.717, 1.165) is 43.7 Å². The monoisotopic (exact) mass is 421 g/mol. The first-order valence-corrected chi connectivity index (χ1v) is 10.2. The standard InChI is InChI=1S/C22H31N3O3.ClH/c1-3-4-13-25-20(26)14-19(21(25)17-5-7-18(28-2)8-6-17)22(27)24-15-16-9-11-23-12-10-16;/h5-9,19,21,23H,3-4,10-15H2,1-2H3,(H,24,27);1H. The minimum atomic E-state index is -0.361. The molecule has 2 atom stereocenters. The molecule has 0 aliphatic carbocycles. The second-order valence-electron chi connectivity index (χ2n) is 7.50. The Morgan fingerprint density at radius 1 is 1.31 bits per heavy atom. The zero-order valence-corrected chi connectivity index (χ0v) is 18.1. The number of carbonyl (C=O) groups is 2. The number of nitrogens with zero attached hydrogens (tertiary/aromatic N) is 1. The number of hydrogen-bond donors (Lipinski definition) is 2. The first kappa shape index (κ1) is 23.2. The zero-order valence-electron chi connectivity index (χ0n) is 17.3. The van der Waals surface area contributed by atoms with E-state index >= 15 is 0 Å². The van der Waals surface area contributed by atoms with Crippen LogP contribution in [0.4, 0.5) is 0 Å². The first-order chi connectivity index (χ1) is 13.6. The predicted molar refractivity (Wildman–Crippen MR) is 116 cm³/mol. The van der Waals surface area contributed by atoms with Crippen LogP contribution in [0.15, 0.2) is 35.9 Å². The van der Waals surface area contributed by atoms with E-state index in [4.69, 9.17) is 4.74 Å². The van der Waals surface area contributed by atoms with Gasteiger partial charge in [0.1, 0.15) is 5.75 Å². The van der Waals surface area contributed by atoms with Crippen molar-refractivity contribution >= 4 is 24.2 Å². The number of benzene rings is 1. The fourth-order valence-electron chi connectivity index (χ4n) is 3.99. The molecule has 1 aromatic carbocycles. The van der Waals surface area contributed by atoms with Crippen molar-refractivity contribution in [2.75, 3.05) is 33.3 Å². The number of hydrogen-bond acceptors (Lipinski definition) is 4. The minimum Gasteiger partial charge on any atom is -0.497 e. The largest absolute Gasteiger partial charge is 0.497 e. The molecule has 2 aliphatic heterocycles. The maximum atomic E-state index is 13.0. The second-order valence-corrected chi connectivity index (χ2v) is 7.50. The lowest BCUT2D eigenvalue weighted by Crippen LogP contribution is -2.37. The van der Waals surface area contributed by atoms with Crippen molar-refractivity contribution in [2.45, 2.75) is 38.6 Å². The number of rotatable bonds is 8. The summed E-state index contributed by atoms with van der Waals surface area (Å²) < 4.78 is 5.25. The van der Waals surface area contributed by atoms with Crippen molar-refractivity contribution in [1.82, 2.24) is 15.5 Å². The highest BCUT2D eigenvalue weighted by atomic mass is 35.5. The summed E-state index contributed by atoms with van der Waals surface area (Å²) in [5.41, 5.74) is 2.24. The number of ether oxygens (including phenoxy) is 1. The third kappa shape index (κ3) is 5.73. The van der Waals surface area contributed by atoms with Crippen LogP contribution in [0, 0.1) is 5.92 Å². The van der Waals surface area contributed by atoms with Crippen molar-refractivity contribution in [2.24, 2.45) is 5.92 Å². The number of methoxy groups -OCH3 is 1. The molecular weight excluding hydrogens is 390 g/mol. The molecule has 2 unspecified atom stereocenters. The van der Waals surface area contributed by atoms with Crippen molar-refractivity contribution in [3.8, 4) is 5.75 Å². The Hall–Kier alpha value is -2.05. The average molecular weight is 422 g/mol. The predicted octanol–water partition coefficient (Wildman–Crippen LogP) is 2.84. The molecule has 2 heterocycles. The van der Waals surface area contributed by atoms with E-state index in [2.05, 4.69) is 23.6 Å². The number of amides is 2. The van der Waals surface area contributed by atoms with Gasteiger partial charge in [-0.05, 0) is 37.1 Å². The number of likely N-dealkylation sites (tertiary alicyclic amines) is 1. The van der Waals surface area contributed by atoms with Gasteiger partial charge in [0.2, 0.25) is 11.8 Å². The Morgan fingerprint density at radius 2 is 2.07 bits per heavy atom. The van der Waals surface area contributed by atoms with Crippen LogP contribution in [0.2, 0.25) is 0 Å². The zero-order chi connectivity index (χ0) is 19.9. The second kappa shape index (κ2) is 11.2. The normalized spacial score (nSPS) is 21.4. The summed E-state index contributed by atoms with van der Waals surface area (Å²) in [6.45, 7) is 5.16. The van der Waals surface area contributed by atoms with Gasteiger partial charge >= 0.3 is 0 Å². The molecule has 1 aromatic rings. The van der Waals surface area contributed by atoms with Gasteiger partial charge in [-0.1, -0.05) is 37.1 Å². The molecule has 0 bridgehead atoms. The van der Waals surface area contributed by atoms with Crippen molar-refractivity contribution in [1.29, 1.82) is 0 Å². The van der Waals surface area contributed by atoms with Gasteiger partial charge in [0.25, 0.3) is 0 Å². The van der Waals surface area contributed by atoms with Crippen LogP contribution in [-0.4, -0.2) is 50.0 Å². The van der Waals surface area contributed by atoms with Crippen LogP contribution in [0.5, 0.6) is 5.75 Å². The van der Waals surface area contributed by atoms with Gasteiger partial charge in [-0.25, -0.2) is 0 Å². The van der Waals surface area contributed by atoms with Gasteiger partial charge in [-0.3, -0.25) is 9.59 Å². The van der Waals surface area contributed by atoms with Gasteiger partial charge in [-0.15, -0.1) is 12.4 Å². The van der Waals surface area contributed by atoms with Crippen LogP contribution >= 0.6 is 12.4 Å². The summed E-state index contributed by atoms with van der Waals surface area (Å²) >= 11 is 0. The third-order valence-corrected chi connectivity index (χ3v) is 5.63. The summed E-state index contributed by atoms with van der Waals surface area (Å²) in [4.78, 5) is 27.6. The molecule has 2 aliphatic rings. The summed E-state index contributed by atoms with van der Waals surface area (Å²) in [6, 6.07) is 7.51. The average Bonchev–Trinajstić information content (AvgIpc) is 3.07. The Kier molecular flexibility index (Phi) is 8.99. The van der Waals surface area contributed by atoms with Crippen LogP contribution in [0.25, 0.3) is 0 Å². The van der Waals surface area contributed by atoms with Crippen LogP contribution in [0.1, 0.15) is 44.2 Å². The summed E-state index contributed by atoms with van der Waals surface area (Å²) in [5.74, 6) is 0.440. The molecule has 3 rings (SSSR count). The maximum Gasteiger partial charge on any atom is 0.226 e. The van der Waals surface area contributed by atoms with Crippen LogP contribution < -0.4 is 15.4 Å². The summed E-state index contributed by atoms with van der Waals surface area (Å²) in [7, 11) is 1.63. The molecule has 0 aromatic heterocycles. The fourth-order valence-corrected chi connectivity index (χ4v) is 3.99. The van der Waals surface area contributed by atoms with E-state index < -0.39 is 0 Å². The van der Waals surface area contributed by atoms with Crippen LogP contribution in [-0.2, 0) is 9.59 Å². The molecule has 1 fully saturated rings. The van der Waals surface area contributed by atoms with Crippen molar-refractivity contribution in [3.05, 3.63) is 41.5 Å². The number of unbranched alkanes of at least 4 members (excludes halogenated alkanes) is 1. The van der Waals surface area contributed by atoms with Crippen LogP contribution in [0.3, 0.4) is 0 Å². The topological polar surface area (TPSA) is 70.7 Å². The third-order valence-electron chi connectivity index (χ3n) is 5.63. The minimum absolute atomic E-state index is 0. The van der Waals surface area contributed by atoms with Gasteiger partial charge < -0.3 is 20.3 Å². The van der Waals surface area contributed by atoms with Gasteiger partial charge in [0, 0.05) is 26.1 Å². The highest BCUT2D eigenvalue weighted by Crippen LogP contribution is 2.39. The Balaban J connectivity index is 0.00000300. The number of halogens is 1. The lowest BCUT2D eigenvalue weighted by molar-refractivity contribution is -0.129. The number of nitrogens with one attached hydrogen (secondary N) is 2. The molecule has 2 amide bonds. The molecule has 160 valence electrons. The molecule has 0 saturated carbocycles. The Morgan fingerprint density at radius 3 is 2.69 bits per heavy atom. The Labute approximate surface area is 179 Å². The maximum absolute atomic E-state index is 13.0. The highest BCUT2D eigenvalue weighted by molar-refractivity contribution is 5.90. The van der Waals surface area contributed by atoms with E-state index in [-0.39, 0.29) is 42.6 Å². The van der Waals surface area contributed by atoms with E-state index in [1.807, 2.05) is 29.2 Å². The SMILES string of the molecule is CCCCN1C(=O)CC(C(=O)NCC2=CCNCC2)C1c1ccc(OC)cc1.Cl. The quantitative estimate of drug-likeness (QED) is 0.633. The van der Waals surface area contributed by atoms with E-state index in [0.29, 0.717) is 13.1 Å². The lowest BCUT2D eigenvalue weighted by atomic mass is 9.92. The van der Waals surface area contributed by atoms with Crippen molar-refractivity contribution < 1.29 is 14.3 Å². The molecule has 7 heteroatoms. The Bertz CT molecular complexity index is 721. The summed E-state index contributed by atoms with van der Waals surface area (Å²) in [5, 5.41) is 6.35. The molecule has 2 N–H and O–H groups in total. The molecular formula is C22H32ClN3O3. The summed E-state index contributed by atoms with van der Waals surface area (Å²) in [6.07, 6.45) is 5.31. The molecule has 6 nitrogen and oxygen atoms in total. The fraction of sp³-hybridized carbons (Fsp3) is 0.545. The molecule has 0 radical (unpaired) electrons. The van der Waals surface area contributed by atoms with Gasteiger partial charge in [0.05, 0.1) is 19.1 Å². The van der Waals surface area contributed by atoms with E-state index in [1.54, 1.807) is 7.11 Å². The van der Waals surface area contributed by atoms with Gasteiger partial charge in [-0.2, -0.15) is 0 Å². The number of carbonyl (C=O) groups excluding carboxylic acids is 2. The molecule has 29 heavy (non-hydrogen) atoms. The lowest BCUT2D eigenvalue weighted by Gasteiger charge is -2.28. The van der Waals surface area contributed by atoms with E-state index in [1.165, 1.54) is 5.57 Å². The van der Waals surface area contributed by atoms with E-state index in [9.17, 15) is 9.59 Å². The highest BCUT2D eigenvalue weighted by Gasteiger charge is 2.44. The smallest absolute Gasteiger partial charge is 0.226 e.